The summed E-state index contributed by atoms with van der Waals surface area (Å²) in [7, 11) is 1.72. The van der Waals surface area contributed by atoms with Crippen LogP contribution in [0.5, 0.6) is 5.75 Å². The molecule has 1 heterocycles. The molecule has 1 amide bonds. The van der Waals surface area contributed by atoms with Crippen LogP contribution in [0.25, 0.3) is 11.0 Å². The fourth-order valence-corrected chi connectivity index (χ4v) is 2.84. The zero-order valence-corrected chi connectivity index (χ0v) is 15.3. The lowest BCUT2D eigenvalue weighted by atomic mass is 10.1. The maximum absolute atomic E-state index is 13.0. The number of ether oxygens (including phenoxy) is 1. The first-order valence-corrected chi connectivity index (χ1v) is 8.48. The average Bonchev–Trinajstić information content (AvgIpc) is 3.05. The van der Waals surface area contributed by atoms with Crippen LogP contribution in [0.3, 0.4) is 0 Å². The molecule has 0 N–H and O–H groups in total. The highest BCUT2D eigenvalue weighted by Crippen LogP contribution is 2.29. The number of nitrogens with zero attached hydrogens (tertiary/aromatic N) is 1. The van der Waals surface area contributed by atoms with Crippen LogP contribution in [0, 0.1) is 5.82 Å². The third-order valence-corrected chi connectivity index (χ3v) is 4.46. The van der Waals surface area contributed by atoms with Gasteiger partial charge in [0.1, 0.15) is 22.9 Å². The minimum absolute atomic E-state index is 0.199. The van der Waals surface area contributed by atoms with Crippen LogP contribution < -0.4 is 4.74 Å². The first-order chi connectivity index (χ1) is 12.3. The van der Waals surface area contributed by atoms with Gasteiger partial charge >= 0.3 is 0 Å². The Hall–Kier alpha value is -2.82. The molecular formula is C21H22FNO3. The summed E-state index contributed by atoms with van der Waals surface area (Å²) in [4.78, 5) is 14.5. The molecule has 136 valence electrons. The zero-order valence-electron chi connectivity index (χ0n) is 15.3. The average molecular weight is 355 g/mol. The SMILES string of the molecule is C[C@@H](c1cc2ccccc2o1)N(C)C(=O)C(C)(C)Oc1ccc(F)cc1. The Morgan fingerprint density at radius 2 is 1.81 bits per heavy atom. The van der Waals surface area contributed by atoms with Crippen molar-refractivity contribution < 1.29 is 18.3 Å². The van der Waals surface area contributed by atoms with Crippen LogP contribution in [0.1, 0.15) is 32.6 Å². The molecular weight excluding hydrogens is 333 g/mol. The summed E-state index contributed by atoms with van der Waals surface area (Å²) in [5.74, 6) is 0.598. The zero-order chi connectivity index (χ0) is 18.9. The van der Waals surface area contributed by atoms with E-state index in [0.29, 0.717) is 11.5 Å². The topological polar surface area (TPSA) is 42.7 Å². The number of carbonyl (C=O) groups excluding carboxylic acids is 1. The number of benzene rings is 2. The van der Waals surface area contributed by atoms with Gasteiger partial charge in [0.25, 0.3) is 5.91 Å². The lowest BCUT2D eigenvalue weighted by molar-refractivity contribution is -0.146. The van der Waals surface area contributed by atoms with Crippen molar-refractivity contribution in [3.63, 3.8) is 0 Å². The third kappa shape index (κ3) is 3.57. The number of carbonyl (C=O) groups is 1. The maximum Gasteiger partial charge on any atom is 0.266 e. The number of hydrogen-bond donors (Lipinski definition) is 0. The first kappa shape index (κ1) is 18.0. The fraction of sp³-hybridized carbons (Fsp3) is 0.286. The number of amides is 1. The molecule has 0 aliphatic rings. The summed E-state index contributed by atoms with van der Waals surface area (Å²) in [6.07, 6.45) is 0. The molecule has 0 saturated carbocycles. The second-order valence-electron chi connectivity index (χ2n) is 6.84. The fourth-order valence-electron chi connectivity index (χ4n) is 2.84. The Morgan fingerprint density at radius 1 is 1.15 bits per heavy atom. The minimum Gasteiger partial charge on any atom is -0.478 e. The quantitative estimate of drug-likeness (QED) is 0.650. The predicted octanol–water partition coefficient (Wildman–Crippen LogP) is 4.95. The first-order valence-electron chi connectivity index (χ1n) is 8.48. The van der Waals surface area contributed by atoms with Crippen LogP contribution in [-0.2, 0) is 4.79 Å². The number of hydrogen-bond acceptors (Lipinski definition) is 3. The van der Waals surface area contributed by atoms with Crippen molar-refractivity contribution in [1.82, 2.24) is 4.90 Å². The molecule has 4 nitrogen and oxygen atoms in total. The van der Waals surface area contributed by atoms with Crippen molar-refractivity contribution in [1.29, 1.82) is 0 Å². The molecule has 0 aliphatic carbocycles. The highest BCUT2D eigenvalue weighted by molar-refractivity contribution is 5.85. The summed E-state index contributed by atoms with van der Waals surface area (Å²) in [5.41, 5.74) is -0.315. The molecule has 0 aliphatic heterocycles. The van der Waals surface area contributed by atoms with Gasteiger partial charge < -0.3 is 14.1 Å². The molecule has 1 atom stereocenters. The molecule has 0 spiro atoms. The van der Waals surface area contributed by atoms with Crippen LogP contribution in [0.2, 0.25) is 0 Å². The van der Waals surface area contributed by atoms with E-state index in [1.807, 2.05) is 37.3 Å². The summed E-state index contributed by atoms with van der Waals surface area (Å²) in [6.45, 7) is 5.30. The Kier molecular flexibility index (Phi) is 4.72. The summed E-state index contributed by atoms with van der Waals surface area (Å²) in [6, 6.07) is 15.0. The van der Waals surface area contributed by atoms with E-state index in [0.717, 1.165) is 11.0 Å². The van der Waals surface area contributed by atoms with E-state index in [2.05, 4.69) is 0 Å². The van der Waals surface area contributed by atoms with E-state index >= 15 is 0 Å². The Morgan fingerprint density at radius 3 is 2.46 bits per heavy atom. The number of para-hydroxylation sites is 1. The van der Waals surface area contributed by atoms with Gasteiger partial charge in [-0.2, -0.15) is 0 Å². The second-order valence-corrected chi connectivity index (χ2v) is 6.84. The molecule has 0 fully saturated rings. The lowest BCUT2D eigenvalue weighted by Crippen LogP contribution is -2.48. The van der Waals surface area contributed by atoms with Crippen molar-refractivity contribution in [2.24, 2.45) is 0 Å². The number of likely N-dealkylation sites (N-methyl/N-ethyl adjacent to an activating group) is 1. The van der Waals surface area contributed by atoms with Crippen LogP contribution in [0.15, 0.2) is 59.0 Å². The van der Waals surface area contributed by atoms with E-state index in [1.165, 1.54) is 24.3 Å². The molecule has 1 aromatic heterocycles. The van der Waals surface area contributed by atoms with Crippen molar-refractivity contribution in [3.05, 3.63) is 66.2 Å². The number of halogens is 1. The van der Waals surface area contributed by atoms with Gasteiger partial charge in [-0.1, -0.05) is 18.2 Å². The van der Waals surface area contributed by atoms with Crippen molar-refractivity contribution in [2.75, 3.05) is 7.05 Å². The standard InChI is InChI=1S/C21H22FNO3/c1-14(19-13-15-7-5-6-8-18(15)25-19)23(4)20(24)21(2,3)26-17-11-9-16(22)10-12-17/h5-14H,1-4H3/t14-/m0/s1. The van der Waals surface area contributed by atoms with E-state index in [9.17, 15) is 9.18 Å². The number of furan rings is 1. The molecule has 3 rings (SSSR count). The van der Waals surface area contributed by atoms with Gasteiger partial charge in [0.05, 0.1) is 6.04 Å². The van der Waals surface area contributed by atoms with E-state index in [1.54, 1.807) is 25.8 Å². The molecule has 2 aromatic carbocycles. The maximum atomic E-state index is 13.0. The van der Waals surface area contributed by atoms with E-state index < -0.39 is 5.60 Å². The Bertz CT molecular complexity index is 881. The molecule has 26 heavy (non-hydrogen) atoms. The third-order valence-electron chi connectivity index (χ3n) is 4.46. The molecule has 0 unspecified atom stereocenters. The highest BCUT2D eigenvalue weighted by atomic mass is 19.1. The van der Waals surface area contributed by atoms with Gasteiger partial charge in [-0.25, -0.2) is 4.39 Å². The lowest BCUT2D eigenvalue weighted by Gasteiger charge is -2.32. The van der Waals surface area contributed by atoms with Crippen LogP contribution in [-0.4, -0.2) is 23.5 Å². The van der Waals surface area contributed by atoms with Gasteiger partial charge in [-0.3, -0.25) is 4.79 Å². The molecule has 5 heteroatoms. The van der Waals surface area contributed by atoms with Gasteiger partial charge in [0, 0.05) is 12.4 Å². The molecule has 3 aromatic rings. The Labute approximate surface area is 152 Å². The predicted molar refractivity (Wildman–Crippen MR) is 98.5 cm³/mol. The monoisotopic (exact) mass is 355 g/mol. The van der Waals surface area contributed by atoms with E-state index in [4.69, 9.17) is 9.15 Å². The van der Waals surface area contributed by atoms with Gasteiger partial charge in [0.15, 0.2) is 5.60 Å². The second kappa shape index (κ2) is 6.83. The number of rotatable bonds is 5. The van der Waals surface area contributed by atoms with Crippen LogP contribution in [0.4, 0.5) is 4.39 Å². The minimum atomic E-state index is -1.10. The number of fused-ring (bicyclic) bond motifs is 1. The van der Waals surface area contributed by atoms with Crippen molar-refractivity contribution >= 4 is 16.9 Å². The molecule has 0 bridgehead atoms. The normalized spacial score (nSPS) is 12.8. The summed E-state index contributed by atoms with van der Waals surface area (Å²) in [5, 5.41) is 0.997. The Balaban J connectivity index is 1.77. The van der Waals surface area contributed by atoms with Gasteiger partial charge in [0.2, 0.25) is 0 Å². The highest BCUT2D eigenvalue weighted by Gasteiger charge is 2.35. The molecule has 0 saturated heterocycles. The van der Waals surface area contributed by atoms with Gasteiger partial charge in [-0.05, 0) is 57.2 Å². The smallest absolute Gasteiger partial charge is 0.266 e. The van der Waals surface area contributed by atoms with E-state index in [-0.39, 0.29) is 17.8 Å². The molecule has 0 radical (unpaired) electrons. The van der Waals surface area contributed by atoms with Crippen LogP contribution >= 0.6 is 0 Å². The van der Waals surface area contributed by atoms with Gasteiger partial charge in [-0.15, -0.1) is 0 Å². The largest absolute Gasteiger partial charge is 0.478 e. The summed E-state index contributed by atoms with van der Waals surface area (Å²) >= 11 is 0. The van der Waals surface area contributed by atoms with Crippen molar-refractivity contribution in [2.45, 2.75) is 32.4 Å². The van der Waals surface area contributed by atoms with Crippen molar-refractivity contribution in [3.8, 4) is 5.75 Å². The summed E-state index contributed by atoms with van der Waals surface area (Å²) < 4.78 is 24.7.